The Bertz CT molecular complexity index is 613. The zero-order valence-corrected chi connectivity index (χ0v) is 14.2. The Kier molecular flexibility index (Phi) is 7.68. The van der Waals surface area contributed by atoms with Gasteiger partial charge in [0.15, 0.2) is 11.5 Å². The van der Waals surface area contributed by atoms with Crippen LogP contribution in [0.15, 0.2) is 54.6 Å². The lowest BCUT2D eigenvalue weighted by atomic mass is 10.1. The predicted octanol–water partition coefficient (Wildman–Crippen LogP) is 3.60. The molecule has 2 rings (SSSR count). The number of hydrogen-bond acceptors (Lipinski definition) is 3. The van der Waals surface area contributed by atoms with E-state index in [1.165, 1.54) is 5.56 Å². The van der Waals surface area contributed by atoms with Crippen molar-refractivity contribution in [3.63, 3.8) is 0 Å². The molecular weight excluding hydrogens is 302 g/mol. The highest BCUT2D eigenvalue weighted by Gasteiger charge is 2.05. The molecule has 128 valence electrons. The minimum Gasteiger partial charge on any atom is -0.490 e. The fraction of sp³-hybridized carbons (Fsp3) is 0.350. The molecule has 0 saturated heterocycles. The molecule has 1 amide bonds. The highest BCUT2D eigenvalue weighted by atomic mass is 16.5. The van der Waals surface area contributed by atoms with Crippen molar-refractivity contribution in [3.05, 3.63) is 60.2 Å². The second-order valence-electron chi connectivity index (χ2n) is 5.42. The van der Waals surface area contributed by atoms with Crippen LogP contribution in [0.25, 0.3) is 0 Å². The highest BCUT2D eigenvalue weighted by molar-refractivity contribution is 5.75. The molecule has 2 aromatic carbocycles. The number of hydrogen-bond donors (Lipinski definition) is 1. The second kappa shape index (κ2) is 10.3. The van der Waals surface area contributed by atoms with Crippen LogP contribution in [0.3, 0.4) is 0 Å². The van der Waals surface area contributed by atoms with E-state index in [-0.39, 0.29) is 5.91 Å². The summed E-state index contributed by atoms with van der Waals surface area (Å²) in [6, 6.07) is 17.7. The average Bonchev–Trinajstić information content (AvgIpc) is 2.61. The maximum Gasteiger partial charge on any atom is 0.220 e. The third kappa shape index (κ3) is 6.32. The van der Waals surface area contributed by atoms with Crippen LogP contribution in [-0.4, -0.2) is 25.7 Å². The Hall–Kier alpha value is -2.49. The van der Waals surface area contributed by atoms with Crippen molar-refractivity contribution in [1.82, 2.24) is 5.32 Å². The number of ether oxygens (including phenoxy) is 2. The third-order valence-electron chi connectivity index (χ3n) is 3.53. The van der Waals surface area contributed by atoms with Crippen LogP contribution < -0.4 is 14.8 Å². The van der Waals surface area contributed by atoms with Crippen LogP contribution >= 0.6 is 0 Å². The number of carbonyl (C=O) groups excluding carboxylic acids is 1. The van der Waals surface area contributed by atoms with Crippen molar-refractivity contribution in [2.24, 2.45) is 0 Å². The van der Waals surface area contributed by atoms with E-state index in [1.54, 1.807) is 0 Å². The van der Waals surface area contributed by atoms with Gasteiger partial charge >= 0.3 is 0 Å². The first kappa shape index (κ1) is 17.9. The molecule has 0 heterocycles. The fourth-order valence-electron chi connectivity index (χ4n) is 2.34. The molecule has 4 heteroatoms. The van der Waals surface area contributed by atoms with Gasteiger partial charge in [0.25, 0.3) is 0 Å². The normalized spacial score (nSPS) is 10.2. The summed E-state index contributed by atoms with van der Waals surface area (Å²) in [7, 11) is 0. The Labute approximate surface area is 143 Å². The van der Waals surface area contributed by atoms with Crippen LogP contribution in [0.5, 0.6) is 11.5 Å². The lowest BCUT2D eigenvalue weighted by Gasteiger charge is -2.11. The van der Waals surface area contributed by atoms with E-state index < -0.39 is 0 Å². The van der Waals surface area contributed by atoms with Gasteiger partial charge in [-0.1, -0.05) is 42.5 Å². The Balaban J connectivity index is 1.61. The summed E-state index contributed by atoms with van der Waals surface area (Å²) in [5, 5.41) is 2.94. The maximum atomic E-state index is 11.8. The first-order chi connectivity index (χ1) is 11.8. The topological polar surface area (TPSA) is 47.6 Å². The van der Waals surface area contributed by atoms with E-state index in [0.29, 0.717) is 32.6 Å². The lowest BCUT2D eigenvalue weighted by Crippen LogP contribution is -2.25. The first-order valence-electron chi connectivity index (χ1n) is 8.45. The molecule has 0 spiro atoms. The molecular formula is C20H25NO3. The van der Waals surface area contributed by atoms with E-state index in [2.05, 4.69) is 17.4 Å². The number of carbonyl (C=O) groups is 1. The van der Waals surface area contributed by atoms with Crippen molar-refractivity contribution in [1.29, 1.82) is 0 Å². The summed E-state index contributed by atoms with van der Waals surface area (Å²) >= 11 is 0. The summed E-state index contributed by atoms with van der Waals surface area (Å²) in [5.74, 6) is 1.53. The number of benzene rings is 2. The molecule has 0 unspecified atom stereocenters. The molecule has 0 aliphatic heterocycles. The molecule has 24 heavy (non-hydrogen) atoms. The van der Waals surface area contributed by atoms with Crippen molar-refractivity contribution < 1.29 is 14.3 Å². The Morgan fingerprint density at radius 1 is 0.958 bits per heavy atom. The molecule has 0 fully saturated rings. The zero-order chi connectivity index (χ0) is 17.0. The molecule has 0 aromatic heterocycles. The number of para-hydroxylation sites is 2. The van der Waals surface area contributed by atoms with Gasteiger partial charge in [-0.25, -0.2) is 0 Å². The Morgan fingerprint density at radius 2 is 1.62 bits per heavy atom. The van der Waals surface area contributed by atoms with Crippen molar-refractivity contribution in [2.45, 2.75) is 26.2 Å². The van der Waals surface area contributed by atoms with Gasteiger partial charge in [0, 0.05) is 13.0 Å². The molecule has 0 bridgehead atoms. The standard InChI is InChI=1S/C20H25NO3/c1-2-23-18-11-6-7-12-19(18)24-16-8-13-20(22)21-15-14-17-9-4-3-5-10-17/h3-7,9-12H,2,8,13-16H2,1H3,(H,21,22). The zero-order valence-electron chi connectivity index (χ0n) is 14.2. The van der Waals surface area contributed by atoms with Gasteiger partial charge in [0.05, 0.1) is 13.2 Å². The third-order valence-corrected chi connectivity index (χ3v) is 3.53. The molecule has 0 aliphatic rings. The van der Waals surface area contributed by atoms with E-state index in [9.17, 15) is 4.79 Å². The van der Waals surface area contributed by atoms with Crippen LogP contribution in [0.2, 0.25) is 0 Å². The minimum absolute atomic E-state index is 0.0626. The quantitative estimate of drug-likeness (QED) is 0.678. The number of amides is 1. The highest BCUT2D eigenvalue weighted by Crippen LogP contribution is 2.26. The first-order valence-corrected chi connectivity index (χ1v) is 8.45. The van der Waals surface area contributed by atoms with Gasteiger partial charge in [-0.15, -0.1) is 0 Å². The Morgan fingerprint density at radius 3 is 2.33 bits per heavy atom. The van der Waals surface area contributed by atoms with Crippen molar-refractivity contribution in [2.75, 3.05) is 19.8 Å². The van der Waals surface area contributed by atoms with Crippen LogP contribution in [0.1, 0.15) is 25.3 Å². The predicted molar refractivity (Wildman–Crippen MR) is 95.5 cm³/mol. The van der Waals surface area contributed by atoms with E-state index in [1.807, 2.05) is 49.4 Å². The minimum atomic E-state index is 0.0626. The van der Waals surface area contributed by atoms with Gasteiger partial charge < -0.3 is 14.8 Å². The largest absolute Gasteiger partial charge is 0.490 e. The molecule has 2 aromatic rings. The average molecular weight is 327 g/mol. The van der Waals surface area contributed by atoms with Gasteiger partial charge in [0.2, 0.25) is 5.91 Å². The summed E-state index contributed by atoms with van der Waals surface area (Å²) in [6.45, 7) is 3.70. The van der Waals surface area contributed by atoms with Gasteiger partial charge in [-0.05, 0) is 37.5 Å². The lowest BCUT2D eigenvalue weighted by molar-refractivity contribution is -0.121. The molecule has 0 aliphatic carbocycles. The molecule has 0 atom stereocenters. The van der Waals surface area contributed by atoms with Crippen molar-refractivity contribution in [3.8, 4) is 11.5 Å². The van der Waals surface area contributed by atoms with E-state index >= 15 is 0 Å². The summed E-state index contributed by atoms with van der Waals surface area (Å²) in [6.07, 6.45) is 1.99. The van der Waals surface area contributed by atoms with Crippen LogP contribution in [-0.2, 0) is 11.2 Å². The molecule has 0 radical (unpaired) electrons. The van der Waals surface area contributed by atoms with Gasteiger partial charge in [-0.2, -0.15) is 0 Å². The SMILES string of the molecule is CCOc1ccccc1OCCCC(=O)NCCc1ccccc1. The molecule has 4 nitrogen and oxygen atoms in total. The van der Waals surface area contributed by atoms with Crippen LogP contribution in [0.4, 0.5) is 0 Å². The summed E-state index contributed by atoms with van der Waals surface area (Å²) in [4.78, 5) is 11.8. The summed E-state index contributed by atoms with van der Waals surface area (Å²) < 4.78 is 11.2. The van der Waals surface area contributed by atoms with Gasteiger partial charge in [-0.3, -0.25) is 4.79 Å². The number of nitrogens with one attached hydrogen (secondary N) is 1. The smallest absolute Gasteiger partial charge is 0.220 e. The van der Waals surface area contributed by atoms with Crippen LogP contribution in [0, 0.1) is 0 Å². The molecule has 1 N–H and O–H groups in total. The maximum absolute atomic E-state index is 11.8. The summed E-state index contributed by atoms with van der Waals surface area (Å²) in [5.41, 5.74) is 1.23. The number of rotatable bonds is 10. The second-order valence-corrected chi connectivity index (χ2v) is 5.42. The molecule has 0 saturated carbocycles. The van der Waals surface area contributed by atoms with Gasteiger partial charge in [0.1, 0.15) is 0 Å². The fourth-order valence-corrected chi connectivity index (χ4v) is 2.34. The van der Waals surface area contributed by atoms with E-state index in [0.717, 1.165) is 17.9 Å². The monoisotopic (exact) mass is 327 g/mol. The van der Waals surface area contributed by atoms with E-state index in [4.69, 9.17) is 9.47 Å². The van der Waals surface area contributed by atoms with Crippen molar-refractivity contribution >= 4 is 5.91 Å².